The number of likely N-dealkylation sites (tertiary alicyclic amines) is 1. The molecule has 1 fully saturated rings. The number of carbonyl (C=O) groups excluding carboxylic acids is 1. The summed E-state index contributed by atoms with van der Waals surface area (Å²) in [6.45, 7) is 11.1. The van der Waals surface area contributed by atoms with E-state index in [1.165, 1.54) is 18.4 Å². The summed E-state index contributed by atoms with van der Waals surface area (Å²) in [4.78, 5) is 14.8. The molecule has 24 heavy (non-hydrogen) atoms. The highest BCUT2D eigenvalue weighted by Crippen LogP contribution is 2.23. The number of benzene rings is 1. The molecule has 2 rings (SSSR count). The van der Waals surface area contributed by atoms with Gasteiger partial charge in [-0.05, 0) is 69.1 Å². The second kappa shape index (κ2) is 9.00. The number of nitrogens with zero attached hydrogens (tertiary/aromatic N) is 1. The van der Waals surface area contributed by atoms with Crippen LogP contribution in [0.4, 0.5) is 5.69 Å². The Morgan fingerprint density at radius 2 is 2.04 bits per heavy atom. The normalized spacial score (nSPS) is 15.9. The number of amides is 1. The van der Waals surface area contributed by atoms with E-state index in [0.717, 1.165) is 35.4 Å². The smallest absolute Gasteiger partial charge is 0.255 e. The number of halogens is 1. The average molecular weight is 389 g/mol. The zero-order chi connectivity index (χ0) is 17.5. The molecule has 1 N–H and O–H groups in total. The molecule has 0 spiro atoms. The summed E-state index contributed by atoms with van der Waals surface area (Å²) in [5.41, 5.74) is 3.47. The Kier molecular flexibility index (Phi) is 7.00. The summed E-state index contributed by atoms with van der Waals surface area (Å²) in [7, 11) is 0. The zero-order valence-corrected chi connectivity index (χ0v) is 16.0. The molecule has 0 unspecified atom stereocenters. The number of carbonyl (C=O) groups is 1. The number of anilines is 1. The third-order valence-corrected chi connectivity index (χ3v) is 5.14. The first-order valence-corrected chi connectivity index (χ1v) is 9.11. The van der Waals surface area contributed by atoms with Crippen LogP contribution in [0.5, 0.6) is 0 Å². The van der Waals surface area contributed by atoms with E-state index in [2.05, 4.69) is 38.8 Å². The van der Waals surface area contributed by atoms with Gasteiger partial charge in [-0.2, -0.15) is 0 Å². The Morgan fingerprint density at radius 1 is 1.33 bits per heavy atom. The SMILES string of the molecule is C=C(/C=C\C(=C/C)CN1CCCC1)C(=O)Nc1cccc(Br)c1C. The lowest BCUT2D eigenvalue weighted by Crippen LogP contribution is -2.21. The minimum absolute atomic E-state index is 0.177. The molecule has 0 atom stereocenters. The van der Waals surface area contributed by atoms with Crippen LogP contribution < -0.4 is 5.32 Å². The first-order valence-electron chi connectivity index (χ1n) is 8.32. The molecule has 1 amide bonds. The lowest BCUT2D eigenvalue weighted by molar-refractivity contribution is -0.112. The fraction of sp³-hybridized carbons (Fsp3) is 0.350. The molecule has 0 aromatic heterocycles. The van der Waals surface area contributed by atoms with Gasteiger partial charge in [-0.3, -0.25) is 9.69 Å². The number of allylic oxidation sites excluding steroid dienone is 1. The molecule has 1 aliphatic rings. The Bertz CT molecular complexity index is 670. The first-order chi connectivity index (χ1) is 11.5. The van der Waals surface area contributed by atoms with Crippen LogP contribution >= 0.6 is 15.9 Å². The second-order valence-electron chi connectivity index (χ2n) is 6.07. The van der Waals surface area contributed by atoms with E-state index in [1.807, 2.05) is 38.1 Å². The van der Waals surface area contributed by atoms with Gasteiger partial charge in [0.1, 0.15) is 0 Å². The fourth-order valence-corrected chi connectivity index (χ4v) is 3.03. The maximum absolute atomic E-state index is 12.3. The van der Waals surface area contributed by atoms with Gasteiger partial charge < -0.3 is 5.32 Å². The lowest BCUT2D eigenvalue weighted by Gasteiger charge is -2.15. The molecule has 3 nitrogen and oxygen atoms in total. The Balaban J connectivity index is 1.94. The Morgan fingerprint density at radius 3 is 2.71 bits per heavy atom. The van der Waals surface area contributed by atoms with Crippen molar-refractivity contribution >= 4 is 27.5 Å². The molecule has 1 aromatic rings. The van der Waals surface area contributed by atoms with Crippen LogP contribution in [0.15, 0.2) is 58.6 Å². The van der Waals surface area contributed by atoms with E-state index >= 15 is 0 Å². The quantitative estimate of drug-likeness (QED) is 0.557. The van der Waals surface area contributed by atoms with Gasteiger partial charge >= 0.3 is 0 Å². The van der Waals surface area contributed by atoms with Crippen molar-refractivity contribution in [1.29, 1.82) is 0 Å². The number of nitrogens with one attached hydrogen (secondary N) is 1. The van der Waals surface area contributed by atoms with Crippen molar-refractivity contribution in [3.8, 4) is 0 Å². The highest BCUT2D eigenvalue weighted by molar-refractivity contribution is 9.10. The Hall–Kier alpha value is -1.65. The zero-order valence-electron chi connectivity index (χ0n) is 14.4. The molecule has 1 saturated heterocycles. The molecule has 1 aliphatic heterocycles. The molecule has 128 valence electrons. The summed E-state index contributed by atoms with van der Waals surface area (Å²) < 4.78 is 0.975. The van der Waals surface area contributed by atoms with Crippen molar-refractivity contribution in [3.63, 3.8) is 0 Å². The van der Waals surface area contributed by atoms with Gasteiger partial charge in [0.25, 0.3) is 5.91 Å². The van der Waals surface area contributed by atoms with Crippen molar-refractivity contribution in [2.24, 2.45) is 0 Å². The number of hydrogen-bond acceptors (Lipinski definition) is 2. The van der Waals surface area contributed by atoms with Crippen molar-refractivity contribution < 1.29 is 4.79 Å². The molecule has 0 saturated carbocycles. The van der Waals surface area contributed by atoms with Gasteiger partial charge in [-0.25, -0.2) is 0 Å². The van der Waals surface area contributed by atoms with Gasteiger partial charge in [0, 0.05) is 22.3 Å². The second-order valence-corrected chi connectivity index (χ2v) is 6.93. The summed E-state index contributed by atoms with van der Waals surface area (Å²) in [5, 5.41) is 2.92. The minimum atomic E-state index is -0.177. The monoisotopic (exact) mass is 388 g/mol. The maximum atomic E-state index is 12.3. The molecule has 1 aromatic carbocycles. The summed E-state index contributed by atoms with van der Waals surface area (Å²) >= 11 is 3.47. The predicted molar refractivity (Wildman–Crippen MR) is 105 cm³/mol. The maximum Gasteiger partial charge on any atom is 0.255 e. The average Bonchev–Trinajstić information content (AvgIpc) is 3.08. The lowest BCUT2D eigenvalue weighted by atomic mass is 10.1. The highest BCUT2D eigenvalue weighted by atomic mass is 79.9. The molecular weight excluding hydrogens is 364 g/mol. The van der Waals surface area contributed by atoms with Crippen LogP contribution in [0, 0.1) is 6.92 Å². The fourth-order valence-electron chi connectivity index (χ4n) is 2.67. The van der Waals surface area contributed by atoms with Crippen LogP contribution in [0.3, 0.4) is 0 Å². The molecule has 1 heterocycles. The van der Waals surface area contributed by atoms with E-state index in [1.54, 1.807) is 6.08 Å². The van der Waals surface area contributed by atoms with Crippen LogP contribution in [-0.2, 0) is 4.79 Å². The first kappa shape index (κ1) is 18.7. The highest BCUT2D eigenvalue weighted by Gasteiger charge is 2.12. The Labute approximate surface area is 153 Å². The minimum Gasteiger partial charge on any atom is -0.322 e. The van der Waals surface area contributed by atoms with Gasteiger partial charge in [-0.15, -0.1) is 0 Å². The van der Waals surface area contributed by atoms with Crippen LogP contribution in [-0.4, -0.2) is 30.4 Å². The summed E-state index contributed by atoms with van der Waals surface area (Å²) in [5.74, 6) is -0.177. The topological polar surface area (TPSA) is 32.3 Å². The molecule has 0 aliphatic carbocycles. The van der Waals surface area contributed by atoms with Crippen LogP contribution in [0.25, 0.3) is 0 Å². The van der Waals surface area contributed by atoms with E-state index in [4.69, 9.17) is 0 Å². The summed E-state index contributed by atoms with van der Waals surface area (Å²) in [6, 6.07) is 5.75. The van der Waals surface area contributed by atoms with E-state index in [9.17, 15) is 4.79 Å². The molecule has 0 bridgehead atoms. The number of rotatable bonds is 6. The van der Waals surface area contributed by atoms with Crippen molar-refractivity contribution in [1.82, 2.24) is 4.90 Å². The van der Waals surface area contributed by atoms with Crippen LogP contribution in [0.2, 0.25) is 0 Å². The number of hydrogen-bond donors (Lipinski definition) is 1. The third kappa shape index (κ3) is 5.18. The predicted octanol–water partition coefficient (Wildman–Crippen LogP) is 4.85. The molecular formula is C20H25BrN2O. The van der Waals surface area contributed by atoms with Crippen molar-refractivity contribution in [2.45, 2.75) is 26.7 Å². The summed E-state index contributed by atoms with van der Waals surface area (Å²) in [6.07, 6.45) is 8.45. The van der Waals surface area contributed by atoms with E-state index in [0.29, 0.717) is 5.57 Å². The van der Waals surface area contributed by atoms with E-state index in [-0.39, 0.29) is 5.91 Å². The standard InChI is InChI=1S/C20H25BrN2O/c1-4-17(14-23-12-5-6-13-23)11-10-15(2)20(24)22-19-9-7-8-18(21)16(19)3/h4,7-11H,2,5-6,12-14H2,1,3H3,(H,22,24)/b11-10-,17-4+. The van der Waals surface area contributed by atoms with Crippen molar-refractivity contribution in [3.05, 3.63) is 64.2 Å². The largest absolute Gasteiger partial charge is 0.322 e. The van der Waals surface area contributed by atoms with Crippen molar-refractivity contribution in [2.75, 3.05) is 25.0 Å². The third-order valence-electron chi connectivity index (χ3n) is 4.28. The van der Waals surface area contributed by atoms with Gasteiger partial charge in [-0.1, -0.05) is 40.7 Å². The molecule has 4 heteroatoms. The van der Waals surface area contributed by atoms with Gasteiger partial charge in [0.05, 0.1) is 0 Å². The van der Waals surface area contributed by atoms with Gasteiger partial charge in [0.2, 0.25) is 0 Å². The van der Waals surface area contributed by atoms with E-state index < -0.39 is 0 Å². The van der Waals surface area contributed by atoms with Gasteiger partial charge in [0.15, 0.2) is 0 Å². The molecule has 0 radical (unpaired) electrons. The van der Waals surface area contributed by atoms with Crippen LogP contribution in [0.1, 0.15) is 25.3 Å².